The summed E-state index contributed by atoms with van der Waals surface area (Å²) in [6.07, 6.45) is 7.93. The maximum absolute atomic E-state index is 12.6. The van der Waals surface area contributed by atoms with Crippen LogP contribution in [0.4, 0.5) is 0 Å². The number of hydrogen-bond acceptors (Lipinski definition) is 3. The molecule has 1 atom stereocenters. The van der Waals surface area contributed by atoms with Crippen molar-refractivity contribution in [2.75, 3.05) is 6.61 Å². The fraction of sp³-hybridized carbons (Fsp3) is 0.474. The zero-order valence-corrected chi connectivity index (χ0v) is 14.7. The van der Waals surface area contributed by atoms with E-state index >= 15 is 0 Å². The SMILES string of the molecule is CCOC(=O)/C=C/C1(NC(=O)C(Cl)c2ccccc2)CCCCC1. The van der Waals surface area contributed by atoms with Crippen LogP contribution in [0.1, 0.15) is 50.0 Å². The number of esters is 1. The van der Waals surface area contributed by atoms with Crippen molar-refractivity contribution >= 4 is 23.5 Å². The Bertz CT molecular complexity index is 580. The summed E-state index contributed by atoms with van der Waals surface area (Å²) in [7, 11) is 0. The monoisotopic (exact) mass is 349 g/mol. The molecule has 4 nitrogen and oxygen atoms in total. The zero-order chi connectivity index (χ0) is 17.4. The van der Waals surface area contributed by atoms with E-state index in [2.05, 4.69) is 5.32 Å². The molecule has 1 fully saturated rings. The van der Waals surface area contributed by atoms with Crippen molar-refractivity contribution in [3.63, 3.8) is 0 Å². The summed E-state index contributed by atoms with van der Waals surface area (Å²) in [4.78, 5) is 24.2. The van der Waals surface area contributed by atoms with Gasteiger partial charge in [-0.15, -0.1) is 11.6 Å². The Kier molecular flexibility index (Phi) is 6.85. The van der Waals surface area contributed by atoms with Crippen LogP contribution < -0.4 is 5.32 Å². The lowest BCUT2D eigenvalue weighted by molar-refractivity contribution is -0.137. The maximum Gasteiger partial charge on any atom is 0.330 e. The van der Waals surface area contributed by atoms with Gasteiger partial charge in [-0.1, -0.05) is 55.7 Å². The molecule has 0 aliphatic heterocycles. The molecule has 1 aromatic rings. The highest BCUT2D eigenvalue weighted by Gasteiger charge is 2.33. The maximum atomic E-state index is 12.6. The first-order valence-corrected chi connectivity index (χ1v) is 8.87. The van der Waals surface area contributed by atoms with Gasteiger partial charge in [0.1, 0.15) is 5.38 Å². The lowest BCUT2D eigenvalue weighted by Gasteiger charge is -2.36. The summed E-state index contributed by atoms with van der Waals surface area (Å²) in [5.41, 5.74) is 0.237. The number of hydrogen-bond donors (Lipinski definition) is 1. The highest BCUT2D eigenvalue weighted by atomic mass is 35.5. The van der Waals surface area contributed by atoms with E-state index in [4.69, 9.17) is 16.3 Å². The minimum Gasteiger partial charge on any atom is -0.463 e. The normalized spacial score (nSPS) is 18.1. The Morgan fingerprint density at radius 2 is 1.92 bits per heavy atom. The van der Waals surface area contributed by atoms with Crippen LogP contribution in [0.2, 0.25) is 0 Å². The smallest absolute Gasteiger partial charge is 0.330 e. The van der Waals surface area contributed by atoms with Crippen molar-refractivity contribution in [1.82, 2.24) is 5.32 Å². The minimum atomic E-state index is -0.749. The fourth-order valence-corrected chi connectivity index (χ4v) is 3.22. The molecular formula is C19H24ClNO3. The second-order valence-corrected chi connectivity index (χ2v) is 6.50. The molecule has 1 aliphatic rings. The van der Waals surface area contributed by atoms with E-state index in [1.807, 2.05) is 30.3 Å². The minimum absolute atomic E-state index is 0.238. The molecule has 0 bridgehead atoms. The molecule has 0 heterocycles. The summed E-state index contributed by atoms with van der Waals surface area (Å²) >= 11 is 6.32. The molecule has 1 saturated carbocycles. The van der Waals surface area contributed by atoms with E-state index in [1.54, 1.807) is 13.0 Å². The second-order valence-electron chi connectivity index (χ2n) is 6.06. The molecule has 1 unspecified atom stereocenters. The van der Waals surface area contributed by atoms with Crippen LogP contribution in [0.25, 0.3) is 0 Å². The Hall–Kier alpha value is -1.81. The number of alkyl halides is 1. The summed E-state index contributed by atoms with van der Waals surface area (Å²) in [6, 6.07) is 9.26. The van der Waals surface area contributed by atoms with Gasteiger partial charge in [-0.05, 0) is 25.3 Å². The standard InChI is InChI=1S/C19H24ClNO3/c1-2-24-16(22)11-14-19(12-7-4-8-13-19)21-18(23)17(20)15-9-5-3-6-10-15/h3,5-6,9-11,14,17H,2,4,7-8,12-13H2,1H3,(H,21,23)/b14-11+. The Balaban J connectivity index is 2.10. The van der Waals surface area contributed by atoms with Crippen molar-refractivity contribution in [3.8, 4) is 0 Å². The summed E-state index contributed by atoms with van der Waals surface area (Å²) in [5.74, 6) is -0.625. The average Bonchev–Trinajstić information content (AvgIpc) is 2.61. The van der Waals surface area contributed by atoms with Gasteiger partial charge in [-0.2, -0.15) is 0 Å². The molecule has 0 saturated heterocycles. The van der Waals surface area contributed by atoms with Gasteiger partial charge in [0.2, 0.25) is 5.91 Å². The number of halogens is 1. The van der Waals surface area contributed by atoms with Crippen molar-refractivity contribution in [2.45, 2.75) is 49.9 Å². The van der Waals surface area contributed by atoms with Crippen LogP contribution >= 0.6 is 11.6 Å². The third-order valence-electron chi connectivity index (χ3n) is 4.27. The van der Waals surface area contributed by atoms with Gasteiger partial charge in [-0.25, -0.2) is 4.79 Å². The van der Waals surface area contributed by atoms with E-state index < -0.39 is 10.9 Å². The van der Waals surface area contributed by atoms with Crippen LogP contribution in [0.15, 0.2) is 42.5 Å². The van der Waals surface area contributed by atoms with Gasteiger partial charge in [0.15, 0.2) is 0 Å². The van der Waals surface area contributed by atoms with Crippen molar-refractivity contribution < 1.29 is 14.3 Å². The zero-order valence-electron chi connectivity index (χ0n) is 14.0. The van der Waals surface area contributed by atoms with E-state index in [0.29, 0.717) is 6.61 Å². The van der Waals surface area contributed by atoms with Crippen molar-refractivity contribution in [1.29, 1.82) is 0 Å². The van der Waals surface area contributed by atoms with Crippen LogP contribution in [0, 0.1) is 0 Å². The lowest BCUT2D eigenvalue weighted by Crippen LogP contribution is -2.49. The Labute approximate surface area is 148 Å². The first kappa shape index (κ1) is 18.5. The Morgan fingerprint density at radius 1 is 1.25 bits per heavy atom. The number of carbonyl (C=O) groups is 2. The van der Waals surface area contributed by atoms with Gasteiger partial charge in [-0.3, -0.25) is 4.79 Å². The highest BCUT2D eigenvalue weighted by Crippen LogP contribution is 2.31. The molecule has 5 heteroatoms. The fourth-order valence-electron chi connectivity index (χ4n) is 3.02. The molecule has 0 spiro atoms. The number of ether oxygens (including phenoxy) is 1. The van der Waals surface area contributed by atoms with Gasteiger partial charge < -0.3 is 10.1 Å². The quantitative estimate of drug-likeness (QED) is 0.481. The van der Waals surface area contributed by atoms with E-state index in [9.17, 15) is 9.59 Å². The first-order chi connectivity index (χ1) is 11.6. The molecular weight excluding hydrogens is 326 g/mol. The van der Waals surface area contributed by atoms with Crippen LogP contribution in [-0.4, -0.2) is 24.0 Å². The van der Waals surface area contributed by atoms with Gasteiger partial charge in [0.25, 0.3) is 0 Å². The highest BCUT2D eigenvalue weighted by molar-refractivity contribution is 6.30. The molecule has 130 valence electrons. The van der Waals surface area contributed by atoms with E-state index in [1.165, 1.54) is 6.08 Å². The molecule has 1 amide bonds. The third-order valence-corrected chi connectivity index (χ3v) is 4.72. The molecule has 0 radical (unpaired) electrons. The van der Waals surface area contributed by atoms with Crippen molar-refractivity contribution in [3.05, 3.63) is 48.0 Å². The third kappa shape index (κ3) is 5.10. The molecule has 1 aromatic carbocycles. The summed E-state index contributed by atoms with van der Waals surface area (Å²) in [5, 5.41) is 2.31. The van der Waals surface area contributed by atoms with Crippen LogP contribution in [0.3, 0.4) is 0 Å². The largest absolute Gasteiger partial charge is 0.463 e. The van der Waals surface area contributed by atoms with Crippen molar-refractivity contribution in [2.24, 2.45) is 0 Å². The van der Waals surface area contributed by atoms with Gasteiger partial charge >= 0.3 is 5.97 Å². The molecule has 1 N–H and O–H groups in total. The Morgan fingerprint density at radius 3 is 2.54 bits per heavy atom. The second kappa shape index (κ2) is 8.88. The predicted octanol–water partition coefficient (Wildman–Crippen LogP) is 3.90. The lowest BCUT2D eigenvalue weighted by atomic mass is 9.81. The first-order valence-electron chi connectivity index (χ1n) is 8.43. The van der Waals surface area contributed by atoms with E-state index in [0.717, 1.165) is 37.7 Å². The summed E-state index contributed by atoms with van der Waals surface area (Å²) < 4.78 is 4.94. The number of benzene rings is 1. The number of amides is 1. The van der Waals surface area contributed by atoms with Crippen LogP contribution in [0.5, 0.6) is 0 Å². The number of nitrogens with one attached hydrogen (secondary N) is 1. The summed E-state index contributed by atoms with van der Waals surface area (Å²) in [6.45, 7) is 2.10. The van der Waals surface area contributed by atoms with E-state index in [-0.39, 0.29) is 11.9 Å². The molecule has 24 heavy (non-hydrogen) atoms. The topological polar surface area (TPSA) is 55.4 Å². The number of rotatable bonds is 6. The molecule has 0 aromatic heterocycles. The average molecular weight is 350 g/mol. The number of carbonyl (C=O) groups excluding carboxylic acids is 2. The van der Waals surface area contributed by atoms with Crippen LogP contribution in [-0.2, 0) is 14.3 Å². The van der Waals surface area contributed by atoms with Gasteiger partial charge in [0.05, 0.1) is 12.1 Å². The molecule has 1 aliphatic carbocycles. The predicted molar refractivity (Wildman–Crippen MR) is 94.8 cm³/mol. The molecule has 2 rings (SSSR count). The van der Waals surface area contributed by atoms with Gasteiger partial charge in [0, 0.05) is 6.08 Å².